The number of aryl methyl sites for hydroxylation is 1. The van der Waals surface area contributed by atoms with E-state index in [1.54, 1.807) is 0 Å². The number of fused-ring (bicyclic) bond motifs is 2. The van der Waals surface area contributed by atoms with Gasteiger partial charge in [-0.05, 0) is 30.1 Å². The average molecular weight is 372 g/mol. The summed E-state index contributed by atoms with van der Waals surface area (Å²) in [5, 5.41) is 0. The molecule has 0 spiro atoms. The van der Waals surface area contributed by atoms with Crippen LogP contribution in [0.3, 0.4) is 0 Å². The summed E-state index contributed by atoms with van der Waals surface area (Å²) >= 11 is 0. The SMILES string of the molecule is BS(B)(CC)C1([SH](B)(=O)CC)c2ccccc2Oc2c(C)cccc21. The first-order valence-corrected chi connectivity index (χ1v) is 13.8. The van der Waals surface area contributed by atoms with Gasteiger partial charge >= 0.3 is 0 Å². The van der Waals surface area contributed by atoms with E-state index in [-0.39, 0.29) is 0 Å². The molecule has 2 aromatic rings. The molecule has 0 aliphatic carbocycles. The number of benzene rings is 2. The number of hydrogen-bond acceptors (Lipinski definition) is 2. The Bertz CT molecular complexity index is 869. The minimum absolute atomic E-state index is 0.459. The van der Waals surface area contributed by atoms with Crippen molar-refractivity contribution in [2.75, 3.05) is 11.5 Å². The molecule has 0 bridgehead atoms. The molecule has 0 aromatic heterocycles. The number of ether oxygens (including phenoxy) is 1. The molecule has 132 valence electrons. The summed E-state index contributed by atoms with van der Waals surface area (Å²) < 4.78 is 20.1. The lowest BCUT2D eigenvalue weighted by Gasteiger charge is -2.59. The first-order chi connectivity index (χ1) is 11.7. The molecule has 1 aliphatic rings. The van der Waals surface area contributed by atoms with Crippen molar-refractivity contribution in [1.29, 1.82) is 0 Å². The van der Waals surface area contributed by atoms with Gasteiger partial charge in [-0.1, -0.05) is 50.2 Å². The fraction of sp³-hybridized carbons (Fsp3) is 0.333. The van der Waals surface area contributed by atoms with Crippen LogP contribution in [0.4, 0.5) is 0 Å². The van der Waals surface area contributed by atoms with Gasteiger partial charge in [0.1, 0.15) is 25.7 Å². The Morgan fingerprint density at radius 1 is 1.08 bits per heavy atom. The van der Waals surface area contributed by atoms with Gasteiger partial charge in [0, 0.05) is 11.1 Å². The Kier molecular flexibility index (Phi) is 4.70. The van der Waals surface area contributed by atoms with E-state index in [1.165, 1.54) is 0 Å². The Balaban J connectivity index is 2.55. The lowest BCUT2D eigenvalue weighted by molar-refractivity contribution is 0.449. The van der Waals surface area contributed by atoms with Gasteiger partial charge in [-0.3, -0.25) is 13.9 Å². The van der Waals surface area contributed by atoms with Crippen LogP contribution in [0, 0.1) is 6.92 Å². The summed E-state index contributed by atoms with van der Waals surface area (Å²) in [7, 11) is 2.90. The van der Waals surface area contributed by atoms with Crippen LogP contribution >= 0.6 is 9.73 Å². The lowest BCUT2D eigenvalue weighted by atomic mass is 9.97. The number of para-hydroxylation sites is 2. The van der Waals surface area contributed by atoms with Gasteiger partial charge < -0.3 is 4.74 Å². The molecule has 0 amide bonds. The van der Waals surface area contributed by atoms with E-state index in [0.29, 0.717) is 5.75 Å². The van der Waals surface area contributed by atoms with Crippen LogP contribution in [0.15, 0.2) is 42.5 Å². The van der Waals surface area contributed by atoms with Gasteiger partial charge in [0.2, 0.25) is 0 Å². The van der Waals surface area contributed by atoms with E-state index >= 15 is 0 Å². The van der Waals surface area contributed by atoms with Crippen molar-refractivity contribution < 1.29 is 8.95 Å². The van der Waals surface area contributed by atoms with E-state index in [0.717, 1.165) is 33.9 Å². The van der Waals surface area contributed by atoms with Gasteiger partial charge in [0.15, 0.2) is 7.12 Å². The van der Waals surface area contributed by atoms with Crippen LogP contribution in [0.1, 0.15) is 30.5 Å². The third-order valence-electron chi connectivity index (χ3n) is 5.83. The summed E-state index contributed by atoms with van der Waals surface area (Å²) in [4.78, 5) is 0. The molecule has 2 nitrogen and oxygen atoms in total. The van der Waals surface area contributed by atoms with E-state index in [4.69, 9.17) is 4.74 Å². The molecule has 7 heteroatoms. The van der Waals surface area contributed by atoms with Crippen molar-refractivity contribution in [3.05, 3.63) is 59.2 Å². The number of rotatable bonds is 4. The molecular formula is C18H27B3O2S2. The molecule has 3 rings (SSSR count). The van der Waals surface area contributed by atoms with Crippen molar-refractivity contribution in [2.24, 2.45) is 0 Å². The molecule has 25 heavy (non-hydrogen) atoms. The van der Waals surface area contributed by atoms with Crippen LogP contribution in [0.2, 0.25) is 0 Å². The second-order valence-electron chi connectivity index (χ2n) is 7.44. The summed E-state index contributed by atoms with van der Waals surface area (Å²) in [5.74, 6) is 3.48. The zero-order valence-electron chi connectivity index (χ0n) is 16.1. The van der Waals surface area contributed by atoms with Crippen LogP contribution < -0.4 is 4.74 Å². The zero-order valence-corrected chi connectivity index (χ0v) is 17.8. The fourth-order valence-corrected chi connectivity index (χ4v) is 12.9. The summed E-state index contributed by atoms with van der Waals surface area (Å²) in [6, 6.07) is 14.5. The predicted molar refractivity (Wildman–Crippen MR) is 122 cm³/mol. The minimum atomic E-state index is -2.55. The van der Waals surface area contributed by atoms with Crippen molar-refractivity contribution in [3.8, 4) is 11.5 Å². The molecule has 0 radical (unpaired) electrons. The standard InChI is InChI=1S/C18H27B3O2S2/c1-4-24(19,20)18(25(21,22)5-2)14-10-6-7-12-16(14)23-17-13(3)9-8-11-15(17)18/h6-12,25H,4-5,19-21H2,1-3H3. The normalized spacial score (nSPS) is 20.9. The monoisotopic (exact) mass is 372 g/mol. The highest BCUT2D eigenvalue weighted by Crippen LogP contribution is 2.70. The second kappa shape index (κ2) is 6.27. The van der Waals surface area contributed by atoms with E-state index in [2.05, 4.69) is 65.4 Å². The Morgan fingerprint density at radius 3 is 2.36 bits per heavy atom. The van der Waals surface area contributed by atoms with Gasteiger partial charge in [-0.15, -0.1) is 9.78 Å². The summed E-state index contributed by atoms with van der Waals surface area (Å²) in [5.41, 5.74) is 3.35. The van der Waals surface area contributed by atoms with E-state index in [1.807, 2.05) is 19.3 Å². The van der Waals surface area contributed by atoms with Crippen molar-refractivity contribution >= 4 is 40.9 Å². The van der Waals surface area contributed by atoms with Crippen LogP contribution in [0.5, 0.6) is 11.5 Å². The maximum Gasteiger partial charge on any atom is 0.190 e. The molecule has 1 aliphatic heterocycles. The van der Waals surface area contributed by atoms with E-state index < -0.39 is 23.6 Å². The molecule has 0 fully saturated rings. The molecule has 0 saturated carbocycles. The largest absolute Gasteiger partial charge is 0.456 e. The average Bonchev–Trinajstić information content (AvgIpc) is 2.60. The molecule has 1 unspecified atom stereocenters. The highest BCUT2D eigenvalue weighted by molar-refractivity contribution is 8.68. The first-order valence-electron chi connectivity index (χ1n) is 8.87. The molecule has 0 N–H and O–H groups in total. The Labute approximate surface area is 156 Å². The number of hydrogen-bond donors (Lipinski definition) is 1. The molecular weight excluding hydrogens is 345 g/mol. The van der Waals surface area contributed by atoms with Gasteiger partial charge in [-0.2, -0.15) is 0 Å². The van der Waals surface area contributed by atoms with E-state index in [9.17, 15) is 4.21 Å². The maximum absolute atomic E-state index is 14.3. The maximum atomic E-state index is 14.3. The Morgan fingerprint density at radius 2 is 1.72 bits per heavy atom. The fourth-order valence-electron chi connectivity index (χ4n) is 4.20. The topological polar surface area (TPSA) is 26.3 Å². The summed E-state index contributed by atoms with van der Waals surface area (Å²) in [6.45, 7) is 6.39. The highest BCUT2D eigenvalue weighted by Gasteiger charge is 2.54. The highest BCUT2D eigenvalue weighted by atomic mass is 32.3. The second-order valence-corrected chi connectivity index (χ2v) is 15.5. The van der Waals surface area contributed by atoms with Crippen LogP contribution in [0.25, 0.3) is 0 Å². The zero-order chi connectivity index (χ0) is 18.5. The van der Waals surface area contributed by atoms with Crippen molar-refractivity contribution in [2.45, 2.75) is 24.9 Å². The molecule has 0 saturated heterocycles. The van der Waals surface area contributed by atoms with Crippen molar-refractivity contribution in [3.63, 3.8) is 0 Å². The third kappa shape index (κ3) is 2.46. The molecule has 2 aromatic carbocycles. The van der Waals surface area contributed by atoms with Gasteiger partial charge in [0.25, 0.3) is 0 Å². The third-order valence-corrected chi connectivity index (χ3v) is 15.0. The smallest absolute Gasteiger partial charge is 0.190 e. The molecule has 1 atom stereocenters. The van der Waals surface area contributed by atoms with Crippen LogP contribution in [-0.2, 0) is 13.9 Å². The quantitative estimate of drug-likeness (QED) is 0.655. The van der Waals surface area contributed by atoms with Gasteiger partial charge in [0.05, 0.1) is 4.08 Å². The Hall–Kier alpha value is -1.07. The lowest BCUT2D eigenvalue weighted by Crippen LogP contribution is -2.50. The summed E-state index contributed by atoms with van der Waals surface area (Å²) in [6.07, 6.45) is 0. The predicted octanol–water partition coefficient (Wildman–Crippen LogP) is 1.81. The van der Waals surface area contributed by atoms with Crippen LogP contribution in [-0.4, -0.2) is 37.1 Å². The first kappa shape index (κ1) is 18.7. The number of thiol groups is 1. The van der Waals surface area contributed by atoms with Gasteiger partial charge in [-0.25, -0.2) is 0 Å². The minimum Gasteiger partial charge on any atom is -0.456 e. The van der Waals surface area contributed by atoms with Crippen molar-refractivity contribution in [1.82, 2.24) is 0 Å². The molecule has 1 heterocycles.